The topological polar surface area (TPSA) is 47.9 Å². The lowest BCUT2D eigenvalue weighted by atomic mass is 10.1. The van der Waals surface area contributed by atoms with Crippen LogP contribution in [0.4, 0.5) is 0 Å². The van der Waals surface area contributed by atoms with Crippen molar-refractivity contribution in [3.05, 3.63) is 69.3 Å². The number of carbonyl (C=O) groups is 1. The van der Waals surface area contributed by atoms with E-state index < -0.39 is 0 Å². The summed E-state index contributed by atoms with van der Waals surface area (Å²) >= 11 is 2.19. The largest absolute Gasteiger partial charge is 0.458 e. The van der Waals surface area contributed by atoms with Crippen LogP contribution in [0.3, 0.4) is 0 Å². The summed E-state index contributed by atoms with van der Waals surface area (Å²) in [4.78, 5) is 17.3. The Morgan fingerprint density at radius 2 is 1.91 bits per heavy atom. The van der Waals surface area contributed by atoms with E-state index in [1.165, 1.54) is 0 Å². The zero-order chi connectivity index (χ0) is 15.4. The molecule has 3 rings (SSSR count). The second kappa shape index (κ2) is 6.91. The Balaban J connectivity index is 1.52. The fourth-order valence-electron chi connectivity index (χ4n) is 2.16. The average molecular weight is 407 g/mol. The molecule has 1 unspecified atom stereocenters. The lowest BCUT2D eigenvalue weighted by Gasteiger charge is -2.09. The number of carbonyl (C=O) groups excluding carboxylic acids is 1. The van der Waals surface area contributed by atoms with Gasteiger partial charge in [-0.05, 0) is 52.4 Å². The van der Waals surface area contributed by atoms with Crippen LogP contribution >= 0.6 is 22.6 Å². The number of hydrogen-bond donors (Lipinski definition) is 0. The van der Waals surface area contributed by atoms with Gasteiger partial charge in [0.2, 0.25) is 0 Å². The molecule has 0 aromatic heterocycles. The van der Waals surface area contributed by atoms with Gasteiger partial charge in [0, 0.05) is 9.99 Å². The molecule has 2 aromatic rings. The van der Waals surface area contributed by atoms with Crippen molar-refractivity contribution in [1.29, 1.82) is 0 Å². The van der Waals surface area contributed by atoms with Gasteiger partial charge in [0.05, 0.1) is 11.3 Å². The molecule has 5 heteroatoms. The summed E-state index contributed by atoms with van der Waals surface area (Å²) in [5.74, 6) is -0.340. The van der Waals surface area contributed by atoms with Crippen molar-refractivity contribution >= 4 is 34.3 Å². The molecule has 1 heterocycles. The number of esters is 1. The highest BCUT2D eigenvalue weighted by Gasteiger charge is 2.23. The second-order valence-corrected chi connectivity index (χ2v) is 6.19. The first-order valence-electron chi connectivity index (χ1n) is 6.93. The Hall–Kier alpha value is -1.89. The predicted molar refractivity (Wildman–Crippen MR) is 91.9 cm³/mol. The average Bonchev–Trinajstić information content (AvgIpc) is 3.03. The van der Waals surface area contributed by atoms with Crippen molar-refractivity contribution < 1.29 is 14.4 Å². The van der Waals surface area contributed by atoms with Crippen LogP contribution in [0.2, 0.25) is 0 Å². The highest BCUT2D eigenvalue weighted by Crippen LogP contribution is 2.17. The van der Waals surface area contributed by atoms with E-state index in [4.69, 9.17) is 9.57 Å². The van der Waals surface area contributed by atoms with E-state index in [2.05, 4.69) is 27.7 Å². The van der Waals surface area contributed by atoms with E-state index in [0.29, 0.717) is 12.0 Å². The lowest BCUT2D eigenvalue weighted by Crippen LogP contribution is -2.19. The monoisotopic (exact) mass is 407 g/mol. The lowest BCUT2D eigenvalue weighted by molar-refractivity contribution is 0.00686. The van der Waals surface area contributed by atoms with E-state index in [9.17, 15) is 4.79 Å². The van der Waals surface area contributed by atoms with Crippen molar-refractivity contribution in [2.24, 2.45) is 5.16 Å². The Morgan fingerprint density at radius 1 is 1.18 bits per heavy atom. The second-order valence-electron chi connectivity index (χ2n) is 4.94. The molecule has 22 heavy (non-hydrogen) atoms. The van der Waals surface area contributed by atoms with Crippen LogP contribution in [0, 0.1) is 3.57 Å². The maximum Gasteiger partial charge on any atom is 0.338 e. The number of rotatable bonds is 4. The summed E-state index contributed by atoms with van der Waals surface area (Å²) in [6.45, 7) is 0.199. The van der Waals surface area contributed by atoms with Gasteiger partial charge in [-0.1, -0.05) is 35.5 Å². The van der Waals surface area contributed by atoms with Crippen LogP contribution in [0.1, 0.15) is 22.3 Å². The van der Waals surface area contributed by atoms with Crippen LogP contribution in [0.25, 0.3) is 0 Å². The van der Waals surface area contributed by atoms with Crippen LogP contribution in [-0.2, 0) is 9.57 Å². The fraction of sp³-hybridized carbons (Fsp3) is 0.176. The molecule has 0 amide bonds. The molecule has 0 fully saturated rings. The number of oxime groups is 1. The summed E-state index contributed by atoms with van der Waals surface area (Å²) < 4.78 is 6.37. The molecule has 0 bridgehead atoms. The molecule has 0 N–H and O–H groups in total. The van der Waals surface area contributed by atoms with Gasteiger partial charge in [0.15, 0.2) is 6.10 Å². The molecule has 112 valence electrons. The number of hydrogen-bond acceptors (Lipinski definition) is 4. The predicted octanol–water partition coefficient (Wildman–Crippen LogP) is 3.64. The smallest absolute Gasteiger partial charge is 0.338 e. The first-order valence-corrected chi connectivity index (χ1v) is 8.01. The van der Waals surface area contributed by atoms with E-state index in [-0.39, 0.29) is 18.7 Å². The third kappa shape index (κ3) is 3.65. The third-order valence-electron chi connectivity index (χ3n) is 3.32. The molecule has 0 radical (unpaired) electrons. The van der Waals surface area contributed by atoms with Crippen molar-refractivity contribution in [2.75, 3.05) is 6.61 Å². The Kier molecular flexibility index (Phi) is 4.72. The van der Waals surface area contributed by atoms with Gasteiger partial charge in [0.1, 0.15) is 6.61 Å². The summed E-state index contributed by atoms with van der Waals surface area (Å²) in [7, 11) is 0. The minimum atomic E-state index is -0.340. The Morgan fingerprint density at radius 3 is 2.64 bits per heavy atom. The molecule has 1 aliphatic rings. The van der Waals surface area contributed by atoms with Gasteiger partial charge in [-0.3, -0.25) is 0 Å². The van der Waals surface area contributed by atoms with Crippen LogP contribution in [0.5, 0.6) is 0 Å². The first kappa shape index (κ1) is 15.0. The van der Waals surface area contributed by atoms with Crippen LogP contribution < -0.4 is 0 Å². The molecular formula is C17H14INO3. The molecule has 1 atom stereocenters. The summed E-state index contributed by atoms with van der Waals surface area (Å²) in [5, 5.41) is 4.07. The standard InChI is InChI=1S/C17H14INO3/c18-14-8-6-13(7-9-14)17(20)21-11-15-10-16(19-22-15)12-4-2-1-3-5-12/h1-9,15H,10-11H2. The highest BCUT2D eigenvalue weighted by atomic mass is 127. The number of ether oxygens (including phenoxy) is 1. The summed E-state index contributed by atoms with van der Waals surface area (Å²) in [6, 6.07) is 17.1. The molecule has 0 saturated heterocycles. The molecule has 4 nitrogen and oxygen atoms in total. The van der Waals surface area contributed by atoms with Crippen molar-refractivity contribution in [1.82, 2.24) is 0 Å². The maximum atomic E-state index is 11.9. The molecule has 1 aliphatic heterocycles. The van der Waals surface area contributed by atoms with E-state index >= 15 is 0 Å². The molecule has 0 spiro atoms. The summed E-state index contributed by atoms with van der Waals surface area (Å²) in [6.07, 6.45) is 0.423. The van der Waals surface area contributed by atoms with Gasteiger partial charge in [-0.2, -0.15) is 0 Å². The van der Waals surface area contributed by atoms with Gasteiger partial charge in [-0.15, -0.1) is 0 Å². The number of halogens is 1. The van der Waals surface area contributed by atoms with Crippen molar-refractivity contribution in [3.63, 3.8) is 0 Å². The van der Waals surface area contributed by atoms with Crippen LogP contribution in [0.15, 0.2) is 59.8 Å². The normalized spacial score (nSPS) is 16.8. The maximum absolute atomic E-state index is 11.9. The Labute approximate surface area is 142 Å². The van der Waals surface area contributed by atoms with Gasteiger partial charge < -0.3 is 9.57 Å². The van der Waals surface area contributed by atoms with Gasteiger partial charge in [-0.25, -0.2) is 4.79 Å². The number of nitrogens with zero attached hydrogens (tertiary/aromatic N) is 1. The van der Waals surface area contributed by atoms with Crippen LogP contribution in [-0.4, -0.2) is 24.4 Å². The zero-order valence-electron chi connectivity index (χ0n) is 11.7. The first-order chi connectivity index (χ1) is 10.7. The third-order valence-corrected chi connectivity index (χ3v) is 4.04. The quantitative estimate of drug-likeness (QED) is 0.575. The molecule has 0 saturated carbocycles. The SMILES string of the molecule is O=C(OCC1CC(c2ccccc2)=NO1)c1ccc(I)cc1. The molecule has 2 aromatic carbocycles. The van der Waals surface area contributed by atoms with Gasteiger partial charge in [0.25, 0.3) is 0 Å². The number of benzene rings is 2. The fourth-order valence-corrected chi connectivity index (χ4v) is 2.52. The minimum Gasteiger partial charge on any atom is -0.458 e. The molecule has 0 aliphatic carbocycles. The van der Waals surface area contributed by atoms with Gasteiger partial charge >= 0.3 is 5.97 Å². The molecular weight excluding hydrogens is 393 g/mol. The highest BCUT2D eigenvalue weighted by molar-refractivity contribution is 14.1. The van der Waals surface area contributed by atoms with Crippen molar-refractivity contribution in [2.45, 2.75) is 12.5 Å². The van der Waals surface area contributed by atoms with Crippen molar-refractivity contribution in [3.8, 4) is 0 Å². The van der Waals surface area contributed by atoms with E-state index in [0.717, 1.165) is 14.8 Å². The Bertz CT molecular complexity index is 683. The zero-order valence-corrected chi connectivity index (χ0v) is 13.9. The van der Waals surface area contributed by atoms with E-state index in [1.807, 2.05) is 42.5 Å². The summed E-state index contributed by atoms with van der Waals surface area (Å²) in [5.41, 5.74) is 2.47. The minimum absolute atomic E-state index is 0.199. The van der Waals surface area contributed by atoms with E-state index in [1.54, 1.807) is 12.1 Å².